The van der Waals surface area contributed by atoms with E-state index in [1.54, 1.807) is 11.3 Å². The molecule has 0 aliphatic heterocycles. The number of benzene rings is 7. The Morgan fingerprint density at radius 3 is 2.02 bits per heavy atom. The van der Waals surface area contributed by atoms with Gasteiger partial charge in [-0.2, -0.15) is 0 Å². The van der Waals surface area contributed by atoms with Crippen LogP contribution in [0.5, 0.6) is 0 Å². The quantitative estimate of drug-likeness (QED) is 0.177. The van der Waals surface area contributed by atoms with E-state index in [9.17, 15) is 0 Å². The molecule has 0 bridgehead atoms. The largest absolute Gasteiger partial charge is 0.455 e. The zero-order chi connectivity index (χ0) is 34.3. The molecule has 11 rings (SSSR count). The van der Waals surface area contributed by atoms with Crippen LogP contribution in [0.15, 0.2) is 171 Å². The molecule has 0 saturated carbocycles. The minimum atomic E-state index is -0.552. The number of nitrogens with zero attached hydrogens (tertiary/aromatic N) is 1. The maximum Gasteiger partial charge on any atom is 0.143 e. The Hall–Kier alpha value is -6.27. The molecule has 246 valence electrons. The summed E-state index contributed by atoms with van der Waals surface area (Å²) in [5.41, 5.74) is 19.2. The Labute approximate surface area is 302 Å². The highest BCUT2D eigenvalue weighted by molar-refractivity contribution is 7.25. The second-order valence-electron chi connectivity index (χ2n) is 13.5. The van der Waals surface area contributed by atoms with Crippen molar-refractivity contribution in [2.24, 2.45) is 10.7 Å². The third kappa shape index (κ3) is 4.53. The van der Waals surface area contributed by atoms with Gasteiger partial charge in [0.1, 0.15) is 28.5 Å². The van der Waals surface area contributed by atoms with Crippen LogP contribution in [0, 0.1) is 0 Å². The van der Waals surface area contributed by atoms with Gasteiger partial charge in [0.15, 0.2) is 0 Å². The number of para-hydroxylation sites is 3. The summed E-state index contributed by atoms with van der Waals surface area (Å²) >= 11 is 1.80. The fourth-order valence-electron chi connectivity index (χ4n) is 7.98. The van der Waals surface area contributed by atoms with Crippen LogP contribution in [0.2, 0.25) is 0 Å². The maximum atomic E-state index is 7.09. The molecule has 0 spiro atoms. The molecule has 5 heteroatoms. The number of allylic oxidation sites excluding steroid dienone is 2. The fraction of sp³-hybridized carbons (Fsp3) is 0.0426. The molecule has 1 atom stereocenters. The van der Waals surface area contributed by atoms with Crippen LogP contribution in [0.3, 0.4) is 0 Å². The predicted octanol–water partition coefficient (Wildman–Crippen LogP) is 12.8. The van der Waals surface area contributed by atoms with Crippen LogP contribution in [0.4, 0.5) is 0 Å². The highest BCUT2D eigenvalue weighted by Crippen LogP contribution is 2.45. The highest BCUT2D eigenvalue weighted by Gasteiger charge is 2.30. The van der Waals surface area contributed by atoms with E-state index >= 15 is 0 Å². The smallest absolute Gasteiger partial charge is 0.143 e. The summed E-state index contributed by atoms with van der Waals surface area (Å²) in [5.74, 6) is 0. The second kappa shape index (κ2) is 11.4. The Balaban J connectivity index is 1.08. The summed E-state index contributed by atoms with van der Waals surface area (Å²) in [6, 6.07) is 52.9. The van der Waals surface area contributed by atoms with Gasteiger partial charge in [0.25, 0.3) is 0 Å². The average Bonchev–Trinajstić information content (AvgIpc) is 3.54. The van der Waals surface area contributed by atoms with Crippen molar-refractivity contribution in [2.75, 3.05) is 0 Å². The number of furan rings is 2. The van der Waals surface area contributed by atoms with E-state index in [1.165, 1.54) is 36.9 Å². The summed E-state index contributed by atoms with van der Waals surface area (Å²) in [7, 11) is 0. The van der Waals surface area contributed by atoms with Gasteiger partial charge in [-0.3, -0.25) is 4.99 Å². The van der Waals surface area contributed by atoms with Gasteiger partial charge in [-0.05, 0) is 52.6 Å². The van der Waals surface area contributed by atoms with Crippen molar-refractivity contribution in [1.29, 1.82) is 0 Å². The summed E-state index contributed by atoms with van der Waals surface area (Å²) < 4.78 is 15.7. The lowest BCUT2D eigenvalue weighted by molar-refractivity contribution is 0.665. The number of rotatable bonds is 6. The number of hydrogen-bond donors (Lipinski definition) is 1. The van der Waals surface area contributed by atoms with E-state index in [0.29, 0.717) is 0 Å². The average molecular weight is 687 g/mol. The Morgan fingerprint density at radius 1 is 0.577 bits per heavy atom. The summed E-state index contributed by atoms with van der Waals surface area (Å²) in [5, 5.41) is 6.74. The molecule has 10 aromatic rings. The molecule has 0 radical (unpaired) electrons. The molecule has 7 aromatic carbocycles. The fourth-order valence-corrected chi connectivity index (χ4v) is 9.12. The number of thiophene rings is 1. The number of hydrogen-bond acceptors (Lipinski definition) is 5. The minimum Gasteiger partial charge on any atom is -0.455 e. The van der Waals surface area contributed by atoms with E-state index in [0.717, 1.165) is 78.3 Å². The van der Waals surface area contributed by atoms with Gasteiger partial charge >= 0.3 is 0 Å². The SMILES string of the molecule is NC(N=C(C1=C(c2ccccc2)C1)c1ccc2c(c1)oc1c(-c3cccc4c3oc3ccccc34)cccc12)c1cccc2sc3ccccc3c12. The van der Waals surface area contributed by atoms with Crippen LogP contribution >= 0.6 is 11.3 Å². The molecule has 0 saturated heterocycles. The van der Waals surface area contributed by atoms with Gasteiger partial charge in [0.05, 0.1) is 5.71 Å². The molecule has 2 N–H and O–H groups in total. The van der Waals surface area contributed by atoms with E-state index in [4.69, 9.17) is 19.6 Å². The molecular formula is C47H30N2O2S. The summed E-state index contributed by atoms with van der Waals surface area (Å²) in [4.78, 5) is 5.36. The third-order valence-corrected chi connectivity index (χ3v) is 11.6. The minimum absolute atomic E-state index is 0.552. The monoisotopic (exact) mass is 686 g/mol. The van der Waals surface area contributed by atoms with Crippen molar-refractivity contribution in [3.05, 3.63) is 174 Å². The molecule has 3 heterocycles. The number of aliphatic imine (C=N–C) groups is 1. The molecule has 52 heavy (non-hydrogen) atoms. The van der Waals surface area contributed by atoms with Crippen molar-refractivity contribution in [3.8, 4) is 11.1 Å². The zero-order valence-electron chi connectivity index (χ0n) is 28.0. The van der Waals surface area contributed by atoms with Crippen LogP contribution in [0.25, 0.3) is 80.7 Å². The molecule has 1 unspecified atom stereocenters. The summed E-state index contributed by atoms with van der Waals surface area (Å²) in [6.45, 7) is 0. The number of nitrogens with two attached hydrogens (primary N) is 1. The Kier molecular flexibility index (Phi) is 6.44. The molecule has 1 aliphatic carbocycles. The molecule has 0 amide bonds. The first kappa shape index (κ1) is 29.5. The van der Waals surface area contributed by atoms with Gasteiger partial charge in [-0.1, -0.05) is 121 Å². The molecule has 4 nitrogen and oxygen atoms in total. The van der Waals surface area contributed by atoms with E-state index in [2.05, 4.69) is 140 Å². The number of fused-ring (bicyclic) bond motifs is 9. The van der Waals surface area contributed by atoms with Gasteiger partial charge in [-0.15, -0.1) is 11.3 Å². The highest BCUT2D eigenvalue weighted by atomic mass is 32.1. The molecule has 3 aromatic heterocycles. The topological polar surface area (TPSA) is 64.7 Å². The van der Waals surface area contributed by atoms with Crippen LogP contribution in [-0.2, 0) is 0 Å². The van der Waals surface area contributed by atoms with Crippen molar-refractivity contribution < 1.29 is 8.83 Å². The first-order chi connectivity index (χ1) is 25.7. The second-order valence-corrected chi connectivity index (χ2v) is 14.6. The normalized spacial score (nSPS) is 14.1. The zero-order valence-corrected chi connectivity index (χ0v) is 28.8. The van der Waals surface area contributed by atoms with E-state index < -0.39 is 6.17 Å². The standard InChI is InChI=1S/C47H30N2O2S/c48-47(36-19-10-22-42-43(36)35-14-5-7-21-41(35)52-42)49-44(38-26-37(38)27-11-2-1-3-12-27)28-23-24-30-32-16-9-18-34(46(32)51-40(30)25-28)33-17-8-15-31-29-13-4-6-20-39(29)50-45(31)33/h1-25,47H,26,48H2. The van der Waals surface area contributed by atoms with E-state index in [-0.39, 0.29) is 0 Å². The van der Waals surface area contributed by atoms with Gasteiger partial charge in [-0.25, -0.2) is 0 Å². The Morgan fingerprint density at radius 2 is 1.21 bits per heavy atom. The molecular weight excluding hydrogens is 657 g/mol. The van der Waals surface area contributed by atoms with Crippen molar-refractivity contribution in [1.82, 2.24) is 0 Å². The first-order valence-electron chi connectivity index (χ1n) is 17.6. The lowest BCUT2D eigenvalue weighted by Gasteiger charge is -2.12. The first-order valence-corrected chi connectivity index (χ1v) is 18.4. The molecule has 1 aliphatic rings. The van der Waals surface area contributed by atoms with E-state index in [1.807, 2.05) is 12.1 Å². The van der Waals surface area contributed by atoms with Crippen molar-refractivity contribution in [2.45, 2.75) is 12.6 Å². The van der Waals surface area contributed by atoms with Crippen LogP contribution < -0.4 is 5.73 Å². The van der Waals surface area contributed by atoms with Crippen molar-refractivity contribution >= 4 is 86.7 Å². The molecule has 0 fully saturated rings. The van der Waals surface area contributed by atoms with Crippen LogP contribution in [-0.4, -0.2) is 5.71 Å². The lowest BCUT2D eigenvalue weighted by Crippen LogP contribution is -2.12. The van der Waals surface area contributed by atoms with Gasteiger partial charge < -0.3 is 14.6 Å². The van der Waals surface area contributed by atoms with Crippen LogP contribution in [0.1, 0.15) is 29.3 Å². The maximum absolute atomic E-state index is 7.09. The van der Waals surface area contributed by atoms with Gasteiger partial charge in [0, 0.05) is 64.8 Å². The van der Waals surface area contributed by atoms with Gasteiger partial charge in [0.2, 0.25) is 0 Å². The Bertz CT molecular complexity index is 3120. The third-order valence-electron chi connectivity index (χ3n) is 10.5. The summed E-state index contributed by atoms with van der Waals surface area (Å²) in [6.07, 6.45) is 0.314. The van der Waals surface area contributed by atoms with Crippen molar-refractivity contribution in [3.63, 3.8) is 0 Å². The predicted molar refractivity (Wildman–Crippen MR) is 217 cm³/mol. The lowest BCUT2D eigenvalue weighted by atomic mass is 9.99.